The number of nitrogens with two attached hydrogens (primary N) is 1. The van der Waals surface area contributed by atoms with Gasteiger partial charge in [0, 0.05) is 21.3 Å². The first kappa shape index (κ1) is 37.9. The van der Waals surface area contributed by atoms with Crippen molar-refractivity contribution in [2.45, 2.75) is 13.8 Å². The Morgan fingerprint density at radius 1 is 0.630 bits per heavy atom. The number of hydrogen-bond acceptors (Lipinski definition) is 6. The molecule has 16 heteroatoms. The molecule has 0 aliphatic rings. The average molecular weight is 926 g/mol. The summed E-state index contributed by atoms with van der Waals surface area (Å²) in [7, 11) is 0. The monoisotopic (exact) mass is 922 g/mol. The fourth-order valence-electron chi connectivity index (χ4n) is 6.27. The molecule has 0 aliphatic carbocycles. The van der Waals surface area contributed by atoms with Gasteiger partial charge in [-0.25, -0.2) is 24.3 Å². The minimum absolute atomic E-state index is 0.205. The van der Waals surface area contributed by atoms with Crippen LogP contribution in [-0.4, -0.2) is 33.1 Å². The third-order valence-electron chi connectivity index (χ3n) is 8.59. The predicted octanol–water partition coefficient (Wildman–Crippen LogP) is 11.5. The zero-order chi connectivity index (χ0) is 38.3. The second-order valence-corrected chi connectivity index (χ2v) is 20.5. The molecule has 0 radical (unpaired) electrons. The molecule has 0 unspecified atom stereocenters. The van der Waals surface area contributed by atoms with Gasteiger partial charge in [-0.05, 0) is 131 Å². The number of aryl methyl sites for hydroxylation is 2. The normalized spacial score (nSPS) is 11.5. The van der Waals surface area contributed by atoms with Gasteiger partial charge in [-0.1, -0.05) is 68.3 Å². The molecule has 0 bridgehead atoms. The van der Waals surface area contributed by atoms with Gasteiger partial charge in [-0.2, -0.15) is 0 Å². The second-order valence-electron chi connectivity index (χ2n) is 12.0. The van der Waals surface area contributed by atoms with Crippen LogP contribution in [0.2, 0.25) is 0 Å². The summed E-state index contributed by atoms with van der Waals surface area (Å²) in [4.78, 5) is 27.1. The van der Waals surface area contributed by atoms with Crippen molar-refractivity contribution in [3.05, 3.63) is 152 Å². The van der Waals surface area contributed by atoms with Gasteiger partial charge in [0.1, 0.15) is 11.6 Å². The van der Waals surface area contributed by atoms with Crippen molar-refractivity contribution in [1.82, 2.24) is 33.1 Å². The molecule has 0 spiro atoms. The van der Waals surface area contributed by atoms with E-state index in [2.05, 4.69) is 128 Å². The van der Waals surface area contributed by atoms with Crippen LogP contribution in [0.15, 0.2) is 135 Å². The van der Waals surface area contributed by atoms with Gasteiger partial charge in [-0.3, -0.25) is 18.1 Å². The highest BCUT2D eigenvalue weighted by molar-refractivity contribution is 9.10. The van der Waals surface area contributed by atoms with Crippen LogP contribution in [0.4, 0.5) is 5.69 Å². The summed E-state index contributed by atoms with van der Waals surface area (Å²) < 4.78 is 19.0. The molecular weight excluding hydrogens is 898 g/mol. The number of fused-ring (bicyclic) bond motifs is 6. The van der Waals surface area contributed by atoms with Crippen molar-refractivity contribution in [1.29, 1.82) is 0 Å². The van der Waals surface area contributed by atoms with Crippen LogP contribution in [-0.2, 0) is 4.57 Å². The lowest BCUT2D eigenvalue weighted by molar-refractivity contribution is 0.600. The number of pyridine rings is 2. The van der Waals surface area contributed by atoms with Crippen molar-refractivity contribution in [2.24, 2.45) is 0 Å². The number of nitrogen functional groups attached to an aromatic ring is 1. The molecule has 9 rings (SSSR count). The molecule has 0 amide bonds. The first-order valence-electron chi connectivity index (χ1n) is 16.2. The van der Waals surface area contributed by atoms with Gasteiger partial charge >= 0.3 is 10.9 Å². The number of anilines is 1. The van der Waals surface area contributed by atoms with Crippen LogP contribution in [0.3, 0.4) is 0 Å². The Kier molecular flexibility index (Phi) is 10.8. The van der Waals surface area contributed by atoms with Gasteiger partial charge in [0.25, 0.3) is 0 Å². The lowest BCUT2D eigenvalue weighted by atomic mass is 10.1. The highest BCUT2D eigenvalue weighted by Gasteiger charge is 2.20. The van der Waals surface area contributed by atoms with Crippen molar-refractivity contribution < 1.29 is 4.57 Å². The predicted molar refractivity (Wildman–Crippen MR) is 228 cm³/mol. The first-order valence-corrected chi connectivity index (χ1v) is 22.2. The van der Waals surface area contributed by atoms with Crippen LogP contribution in [0.1, 0.15) is 11.1 Å². The van der Waals surface area contributed by atoms with Crippen LogP contribution in [0.5, 0.6) is 0 Å². The molecule has 4 aromatic carbocycles. The zero-order valence-electron chi connectivity index (χ0n) is 28.4. The third kappa shape index (κ3) is 7.47. The van der Waals surface area contributed by atoms with E-state index in [4.69, 9.17) is 10.7 Å². The quantitative estimate of drug-likeness (QED) is 0.139. The Balaban J connectivity index is 0.000000149. The van der Waals surface area contributed by atoms with E-state index >= 15 is 0 Å². The van der Waals surface area contributed by atoms with Crippen molar-refractivity contribution >= 4 is 115 Å². The fourth-order valence-corrected chi connectivity index (χ4v) is 6.97. The minimum Gasteiger partial charge on any atom is -0.397 e. The number of hydrogen-bond donors (Lipinski definition) is 1. The molecular formula is C38H28Br2Cl3N8O2P. The molecule has 0 saturated heterocycles. The molecule has 54 heavy (non-hydrogen) atoms. The van der Waals surface area contributed by atoms with E-state index < -0.39 is 5.20 Å². The highest BCUT2D eigenvalue weighted by Crippen LogP contribution is 2.61. The summed E-state index contributed by atoms with van der Waals surface area (Å²) in [6.45, 7) is 4.02. The molecule has 0 fully saturated rings. The lowest BCUT2D eigenvalue weighted by Gasteiger charge is -2.09. The molecule has 2 N–H and O–H groups in total. The SMILES string of the molecule is Cc1cccc(-n2c(=O)n(-c3ccccn3)c3cc(Br)ccc32)c1N.Cc1cccc2c1nc1n(-c3ccccn3)c3cc(Br)ccc3n21.O=P(Cl)(Cl)Cl. The number of aromatic nitrogens is 7. The number of nitrogens with zero attached hydrogens (tertiary/aromatic N) is 7. The largest absolute Gasteiger partial charge is 0.397 e. The van der Waals surface area contributed by atoms with E-state index in [1.807, 2.05) is 85.9 Å². The van der Waals surface area contributed by atoms with Crippen LogP contribution >= 0.6 is 70.8 Å². The topological polar surface area (TPSA) is 118 Å². The van der Waals surface area contributed by atoms with E-state index in [1.165, 1.54) is 5.56 Å². The van der Waals surface area contributed by atoms with Gasteiger partial charge < -0.3 is 5.73 Å². The maximum absolute atomic E-state index is 13.3. The van der Waals surface area contributed by atoms with Gasteiger partial charge in [0.2, 0.25) is 5.78 Å². The van der Waals surface area contributed by atoms with E-state index in [0.717, 1.165) is 59.2 Å². The number of para-hydroxylation sites is 2. The minimum atomic E-state index is -3.22. The smallest absolute Gasteiger partial charge is 0.339 e. The van der Waals surface area contributed by atoms with Crippen LogP contribution in [0, 0.1) is 13.8 Å². The van der Waals surface area contributed by atoms with Crippen molar-refractivity contribution in [3.63, 3.8) is 0 Å². The molecule has 0 atom stereocenters. The Bertz CT molecular complexity index is 2940. The van der Waals surface area contributed by atoms with E-state index in [0.29, 0.717) is 17.2 Å². The van der Waals surface area contributed by atoms with Gasteiger partial charge in [-0.15, -0.1) is 0 Å². The molecule has 0 saturated carbocycles. The summed E-state index contributed by atoms with van der Waals surface area (Å²) in [6.07, 6.45) is 3.48. The first-order chi connectivity index (χ1) is 25.8. The average Bonchev–Trinajstić information content (AvgIpc) is 3.76. The molecule has 272 valence electrons. The van der Waals surface area contributed by atoms with Crippen molar-refractivity contribution in [2.75, 3.05) is 5.73 Å². The maximum Gasteiger partial charge on any atom is 0.339 e. The number of rotatable bonds is 3. The summed E-state index contributed by atoms with van der Waals surface area (Å²) in [5.41, 5.74) is 15.3. The lowest BCUT2D eigenvalue weighted by Crippen LogP contribution is -2.23. The number of imidazole rings is 3. The maximum atomic E-state index is 13.3. The Morgan fingerprint density at radius 2 is 1.19 bits per heavy atom. The molecule has 0 aliphatic heterocycles. The second kappa shape index (κ2) is 15.4. The zero-order valence-corrected chi connectivity index (χ0v) is 34.7. The Morgan fingerprint density at radius 3 is 1.80 bits per heavy atom. The van der Waals surface area contributed by atoms with E-state index in [-0.39, 0.29) is 5.69 Å². The molecule has 5 aromatic heterocycles. The molecule has 5 heterocycles. The fraction of sp³-hybridized carbons (Fsp3) is 0.0526. The molecule has 9 aromatic rings. The van der Waals surface area contributed by atoms with Crippen LogP contribution in [0.25, 0.3) is 56.2 Å². The summed E-state index contributed by atoms with van der Waals surface area (Å²) in [5, 5.41) is -3.22. The Hall–Kier alpha value is -4.42. The van der Waals surface area contributed by atoms with Crippen LogP contribution < -0.4 is 11.4 Å². The molecule has 10 nitrogen and oxygen atoms in total. The number of benzene rings is 4. The third-order valence-corrected chi connectivity index (χ3v) is 9.58. The number of halogens is 5. The van der Waals surface area contributed by atoms with Crippen molar-refractivity contribution in [3.8, 4) is 17.3 Å². The summed E-state index contributed by atoms with van der Waals surface area (Å²) >= 11 is 20.9. The highest BCUT2D eigenvalue weighted by atomic mass is 79.9. The van der Waals surface area contributed by atoms with E-state index in [1.54, 1.807) is 15.3 Å². The van der Waals surface area contributed by atoms with Gasteiger partial charge in [0.05, 0.1) is 44.5 Å². The summed E-state index contributed by atoms with van der Waals surface area (Å²) in [5.74, 6) is 2.32. The Labute approximate surface area is 339 Å². The standard InChI is InChI=1S/C19H15BrN4O.C19H13BrN4.Cl3OP/c1-12-5-4-6-15(18(12)21)23-14-9-8-13(20)11-16(14)24(19(23)25)17-7-2-3-10-22-17;1-12-5-4-6-15-18(12)22-19-23(15)14-9-8-13(20)11-16(14)24(19)17-7-2-3-10-21-17;1-5(2,3)4/h2-11H,21H2,1H3;2-11H,1H3;. The summed E-state index contributed by atoms with van der Waals surface area (Å²) in [6, 6.07) is 35.4. The van der Waals surface area contributed by atoms with Gasteiger partial charge in [0.15, 0.2) is 0 Å². The van der Waals surface area contributed by atoms with E-state index in [9.17, 15) is 9.36 Å².